The van der Waals surface area contributed by atoms with Crippen LogP contribution in [0, 0.1) is 0 Å². The SMILES string of the molecule is CC(C)(C)c1cc(C(C)(C)C)c(P=[C]([Sn]([CH3])([CH3])[CH3])[Sn]([CH3])([CH3])[CH3])c(C(C)(C)C)c1. The molecule has 3 heteroatoms. The summed E-state index contributed by atoms with van der Waals surface area (Å²) in [6.45, 7) is 21.5. The first kappa shape index (κ1) is 27.0. The van der Waals surface area contributed by atoms with Crippen LogP contribution in [-0.2, 0) is 16.2 Å². The zero-order valence-electron chi connectivity index (χ0n) is 21.6. The Balaban J connectivity index is 4.14. The van der Waals surface area contributed by atoms with Crippen molar-refractivity contribution < 1.29 is 0 Å². The van der Waals surface area contributed by atoms with Crippen LogP contribution in [0.4, 0.5) is 0 Å². The Morgan fingerprint density at radius 2 is 0.929 bits per heavy atom. The average Bonchev–Trinajstić information content (AvgIpc) is 2.38. The summed E-state index contributed by atoms with van der Waals surface area (Å²) < 4.78 is 2.03. The molecule has 160 valence electrons. The molecule has 1 aromatic rings. The van der Waals surface area contributed by atoms with E-state index in [9.17, 15) is 0 Å². The predicted molar refractivity (Wildman–Crippen MR) is 141 cm³/mol. The van der Waals surface area contributed by atoms with E-state index in [4.69, 9.17) is 0 Å². The maximum absolute atomic E-state index is 2.64. The van der Waals surface area contributed by atoms with Crippen molar-refractivity contribution >= 4 is 51.6 Å². The van der Waals surface area contributed by atoms with Crippen molar-refractivity contribution in [2.24, 2.45) is 0 Å². The average molecular weight is 616 g/mol. The minimum absolute atomic E-state index is 0.162. The van der Waals surface area contributed by atoms with Crippen LogP contribution in [0.3, 0.4) is 0 Å². The molecule has 0 aromatic heterocycles. The van der Waals surface area contributed by atoms with Crippen LogP contribution in [0.5, 0.6) is 0 Å². The Morgan fingerprint density at radius 1 is 0.607 bits per heavy atom. The van der Waals surface area contributed by atoms with Gasteiger partial charge in [-0.3, -0.25) is 0 Å². The predicted octanol–water partition coefficient (Wildman–Crippen LogP) is 8.08. The van der Waals surface area contributed by atoms with E-state index in [0.717, 1.165) is 0 Å². The van der Waals surface area contributed by atoms with E-state index in [0.29, 0.717) is 0 Å². The molecule has 0 spiro atoms. The van der Waals surface area contributed by atoms with E-state index < -0.39 is 36.8 Å². The Kier molecular flexibility index (Phi) is 8.20. The molecule has 0 unspecified atom stereocenters. The van der Waals surface area contributed by atoms with Crippen molar-refractivity contribution in [1.29, 1.82) is 0 Å². The van der Waals surface area contributed by atoms with Gasteiger partial charge < -0.3 is 0 Å². The maximum atomic E-state index is 2.64. The summed E-state index contributed by atoms with van der Waals surface area (Å²) in [7, 11) is 1.58. The summed E-state index contributed by atoms with van der Waals surface area (Å²) >= 11 is -4.27. The van der Waals surface area contributed by atoms with E-state index in [2.05, 4.69) is 104 Å². The van der Waals surface area contributed by atoms with Crippen molar-refractivity contribution in [3.8, 4) is 0 Å². The number of benzene rings is 1. The van der Waals surface area contributed by atoms with Crippen LogP contribution in [0.1, 0.15) is 79.0 Å². The summed E-state index contributed by atoms with van der Waals surface area (Å²) in [5.74, 6) is 0. The second-order valence-corrected chi connectivity index (χ2v) is 49.8. The molecule has 0 saturated heterocycles. The molecule has 0 amide bonds. The molecule has 0 radical (unpaired) electrons. The Morgan fingerprint density at radius 3 is 1.14 bits per heavy atom. The fourth-order valence-corrected chi connectivity index (χ4v) is 63.0. The van der Waals surface area contributed by atoms with Gasteiger partial charge in [0.2, 0.25) is 0 Å². The van der Waals surface area contributed by atoms with Gasteiger partial charge in [0, 0.05) is 0 Å². The van der Waals surface area contributed by atoms with Crippen molar-refractivity contribution in [3.63, 3.8) is 0 Å². The molecule has 0 heterocycles. The van der Waals surface area contributed by atoms with Crippen LogP contribution >= 0.6 is 8.20 Å². The van der Waals surface area contributed by atoms with Gasteiger partial charge in [-0.15, -0.1) is 0 Å². The summed E-state index contributed by atoms with van der Waals surface area (Å²) in [6.07, 6.45) is 0. The van der Waals surface area contributed by atoms with Crippen molar-refractivity contribution in [2.75, 3.05) is 0 Å². The monoisotopic (exact) mass is 618 g/mol. The van der Waals surface area contributed by atoms with E-state index in [1.807, 2.05) is 1.33 Å². The second-order valence-electron chi connectivity index (χ2n) is 13.6. The molecule has 1 aromatic carbocycles. The van der Waals surface area contributed by atoms with Crippen molar-refractivity contribution in [1.82, 2.24) is 0 Å². The van der Waals surface area contributed by atoms with Gasteiger partial charge in [-0.1, -0.05) is 0 Å². The van der Waals surface area contributed by atoms with E-state index in [1.165, 1.54) is 5.56 Å². The van der Waals surface area contributed by atoms with E-state index >= 15 is 0 Å². The van der Waals surface area contributed by atoms with E-state index in [1.54, 1.807) is 24.6 Å². The molecule has 0 aliphatic rings. The standard InChI is InChI=1S/C19H29P.6CH3.2Sn/c1-17(2,3)13-11-14(18(4,5)6)16(20-10)15(12-13)19(7,8)9;;;;;;;;/h11-12H,1-9H3;6*1H3;;. The van der Waals surface area contributed by atoms with Crippen LogP contribution in [-0.4, -0.2) is 38.1 Å². The first-order valence-corrected chi connectivity index (χ1v) is 31.7. The first-order valence-electron chi connectivity index (χ1n) is 10.9. The molecule has 0 nitrogen and oxygen atoms in total. The molecule has 0 aliphatic heterocycles. The first-order chi connectivity index (χ1) is 12.1. The number of hydrogen-bond acceptors (Lipinski definition) is 0. The zero-order valence-corrected chi connectivity index (χ0v) is 28.2. The van der Waals surface area contributed by atoms with Gasteiger partial charge in [-0.05, 0) is 0 Å². The molecule has 0 aliphatic carbocycles. The number of hydrogen-bond donors (Lipinski definition) is 0. The van der Waals surface area contributed by atoms with Gasteiger partial charge in [-0.25, -0.2) is 0 Å². The Bertz CT molecular complexity index is 686. The number of rotatable bonds is 3. The van der Waals surface area contributed by atoms with Gasteiger partial charge in [0.15, 0.2) is 0 Å². The van der Waals surface area contributed by atoms with Crippen LogP contribution < -0.4 is 5.30 Å². The molecule has 0 atom stereocenters. The van der Waals surface area contributed by atoms with Gasteiger partial charge in [0.25, 0.3) is 0 Å². The molecular formula is C25H47PSn2. The molecule has 0 N–H and O–H groups in total. The summed E-state index contributed by atoms with van der Waals surface area (Å²) in [4.78, 5) is 15.8. The Labute approximate surface area is 187 Å². The summed E-state index contributed by atoms with van der Waals surface area (Å²) in [6, 6.07) is 5.09. The molecular weight excluding hydrogens is 569 g/mol. The van der Waals surface area contributed by atoms with Crippen molar-refractivity contribution in [2.45, 2.75) is 108 Å². The minimum atomic E-state index is -2.13. The van der Waals surface area contributed by atoms with Gasteiger partial charge in [0.1, 0.15) is 0 Å². The third-order valence-corrected chi connectivity index (χ3v) is 53.9. The third-order valence-electron chi connectivity index (χ3n) is 5.24. The van der Waals surface area contributed by atoms with Crippen LogP contribution in [0.25, 0.3) is 0 Å². The molecule has 0 fully saturated rings. The van der Waals surface area contributed by atoms with E-state index in [-0.39, 0.29) is 16.2 Å². The molecule has 28 heavy (non-hydrogen) atoms. The molecule has 0 bridgehead atoms. The second kappa shape index (κ2) is 8.49. The summed E-state index contributed by atoms with van der Waals surface area (Å²) in [5, 5.41) is 1.64. The zero-order chi connectivity index (χ0) is 22.5. The quantitative estimate of drug-likeness (QED) is 0.238. The molecule has 1 rings (SSSR count). The third kappa shape index (κ3) is 7.01. The van der Waals surface area contributed by atoms with Gasteiger partial charge in [-0.2, -0.15) is 0 Å². The van der Waals surface area contributed by atoms with Crippen LogP contribution in [0.15, 0.2) is 12.1 Å². The summed E-state index contributed by atoms with van der Waals surface area (Å²) in [5.41, 5.74) is 5.14. The normalized spacial score (nSPS) is 14.5. The molecule has 0 saturated carbocycles. The van der Waals surface area contributed by atoms with Crippen molar-refractivity contribution in [3.05, 3.63) is 28.8 Å². The van der Waals surface area contributed by atoms with Gasteiger partial charge in [0.05, 0.1) is 0 Å². The van der Waals surface area contributed by atoms with Crippen LogP contribution in [0.2, 0.25) is 29.6 Å². The fourth-order valence-electron chi connectivity index (χ4n) is 3.90. The Hall–Kier alpha value is 0.987. The van der Waals surface area contributed by atoms with Gasteiger partial charge >= 0.3 is 189 Å². The fraction of sp³-hybridized carbons (Fsp3) is 0.720. The topological polar surface area (TPSA) is 0 Å².